The molecule has 140 valence electrons. The topological polar surface area (TPSA) is 78.5 Å². The van der Waals surface area contributed by atoms with Gasteiger partial charge < -0.3 is 10.6 Å². The molecule has 3 rings (SSSR count). The molecule has 1 amide bonds. The van der Waals surface area contributed by atoms with Gasteiger partial charge in [0.05, 0.1) is 10.6 Å². The molecule has 0 saturated carbocycles. The van der Waals surface area contributed by atoms with E-state index in [2.05, 4.69) is 10.6 Å². The number of rotatable bonds is 5. The standard InChI is InChI=1S/C18H21N3O3S.ClH/c1-21(16-5-3-2-4-6-16)25(23,24)17-9-7-14(8-10-17)18(22)20-15-11-12-19-13-15;/h2-10,15,19H,11-13H2,1H3,(H,20,22);1H. The largest absolute Gasteiger partial charge is 0.348 e. The van der Waals surface area contributed by atoms with Gasteiger partial charge in [-0.25, -0.2) is 8.42 Å². The fraction of sp³-hybridized carbons (Fsp3) is 0.278. The Morgan fingerprint density at radius 1 is 1.12 bits per heavy atom. The Morgan fingerprint density at radius 3 is 2.35 bits per heavy atom. The van der Waals surface area contributed by atoms with Crippen LogP contribution in [0.2, 0.25) is 0 Å². The second kappa shape index (κ2) is 8.53. The molecule has 6 nitrogen and oxygen atoms in total. The number of benzene rings is 2. The molecule has 1 unspecified atom stereocenters. The number of halogens is 1. The minimum atomic E-state index is -3.67. The third-order valence-corrected chi connectivity index (χ3v) is 6.09. The van der Waals surface area contributed by atoms with Crippen LogP contribution in [0.4, 0.5) is 5.69 Å². The van der Waals surface area contributed by atoms with E-state index in [0.717, 1.165) is 19.5 Å². The van der Waals surface area contributed by atoms with Gasteiger partial charge in [0.2, 0.25) is 0 Å². The molecule has 0 aromatic heterocycles. The molecule has 0 aliphatic carbocycles. The van der Waals surface area contributed by atoms with Gasteiger partial charge >= 0.3 is 0 Å². The van der Waals surface area contributed by atoms with Crippen LogP contribution in [0.25, 0.3) is 0 Å². The summed E-state index contributed by atoms with van der Waals surface area (Å²) in [7, 11) is -2.15. The zero-order valence-electron chi connectivity index (χ0n) is 14.4. The van der Waals surface area contributed by atoms with Gasteiger partial charge in [-0.2, -0.15) is 0 Å². The lowest BCUT2D eigenvalue weighted by Crippen LogP contribution is -2.36. The normalized spacial score (nSPS) is 16.6. The van der Waals surface area contributed by atoms with Crippen molar-refractivity contribution < 1.29 is 13.2 Å². The zero-order chi connectivity index (χ0) is 17.9. The maximum atomic E-state index is 12.7. The molecule has 1 atom stereocenters. The van der Waals surface area contributed by atoms with Crippen molar-refractivity contribution in [2.45, 2.75) is 17.4 Å². The molecular weight excluding hydrogens is 374 g/mol. The summed E-state index contributed by atoms with van der Waals surface area (Å²) < 4.78 is 26.6. The van der Waals surface area contributed by atoms with Crippen LogP contribution in [0.3, 0.4) is 0 Å². The average molecular weight is 396 g/mol. The number of para-hydroxylation sites is 1. The van der Waals surface area contributed by atoms with E-state index in [9.17, 15) is 13.2 Å². The maximum Gasteiger partial charge on any atom is 0.264 e. The molecule has 0 spiro atoms. The average Bonchev–Trinajstić information content (AvgIpc) is 3.15. The summed E-state index contributed by atoms with van der Waals surface area (Å²) in [6, 6.07) is 15.0. The molecule has 2 N–H and O–H groups in total. The van der Waals surface area contributed by atoms with Crippen molar-refractivity contribution in [3.05, 3.63) is 60.2 Å². The highest BCUT2D eigenvalue weighted by Gasteiger charge is 2.22. The molecule has 0 bridgehead atoms. The SMILES string of the molecule is CN(c1ccccc1)S(=O)(=O)c1ccc(C(=O)NC2CCNC2)cc1.Cl. The second-order valence-corrected chi connectivity index (χ2v) is 7.96. The third-order valence-electron chi connectivity index (χ3n) is 4.29. The van der Waals surface area contributed by atoms with Crippen molar-refractivity contribution in [2.24, 2.45) is 0 Å². The number of carbonyl (C=O) groups excluding carboxylic acids is 1. The van der Waals surface area contributed by atoms with Crippen molar-refractivity contribution >= 4 is 34.0 Å². The van der Waals surface area contributed by atoms with Gasteiger partial charge in [0.25, 0.3) is 15.9 Å². The first-order valence-corrected chi connectivity index (χ1v) is 9.58. The van der Waals surface area contributed by atoms with Crippen molar-refractivity contribution in [3.63, 3.8) is 0 Å². The summed E-state index contributed by atoms with van der Waals surface area (Å²) >= 11 is 0. The van der Waals surface area contributed by atoms with Gasteiger partial charge in [-0.15, -0.1) is 12.4 Å². The monoisotopic (exact) mass is 395 g/mol. The molecule has 0 radical (unpaired) electrons. The molecule has 1 aliphatic heterocycles. The van der Waals surface area contributed by atoms with Crippen LogP contribution < -0.4 is 14.9 Å². The minimum Gasteiger partial charge on any atom is -0.348 e. The molecule has 2 aromatic rings. The van der Waals surface area contributed by atoms with E-state index < -0.39 is 10.0 Å². The van der Waals surface area contributed by atoms with Gasteiger partial charge in [-0.05, 0) is 49.4 Å². The number of anilines is 1. The number of nitrogens with one attached hydrogen (secondary N) is 2. The van der Waals surface area contributed by atoms with Gasteiger partial charge in [-0.1, -0.05) is 18.2 Å². The molecule has 26 heavy (non-hydrogen) atoms. The van der Waals surface area contributed by atoms with E-state index >= 15 is 0 Å². The fourth-order valence-electron chi connectivity index (χ4n) is 2.76. The minimum absolute atomic E-state index is 0. The molecule has 1 aliphatic rings. The van der Waals surface area contributed by atoms with Crippen LogP contribution in [0, 0.1) is 0 Å². The Bertz CT molecular complexity index is 836. The van der Waals surface area contributed by atoms with Crippen molar-refractivity contribution in [1.29, 1.82) is 0 Å². The number of sulfonamides is 1. The molecule has 1 saturated heterocycles. The van der Waals surface area contributed by atoms with Crippen molar-refractivity contribution in [3.8, 4) is 0 Å². The number of carbonyl (C=O) groups is 1. The first-order valence-electron chi connectivity index (χ1n) is 8.14. The Hall–Kier alpha value is -2.09. The van der Waals surface area contributed by atoms with Gasteiger partial charge in [-0.3, -0.25) is 9.10 Å². The summed E-state index contributed by atoms with van der Waals surface area (Å²) in [5.41, 5.74) is 1.03. The number of nitrogens with zero attached hydrogens (tertiary/aromatic N) is 1. The Labute approximate surface area is 160 Å². The van der Waals surface area contributed by atoms with Gasteiger partial charge in [0.15, 0.2) is 0 Å². The summed E-state index contributed by atoms with van der Waals surface area (Å²) in [4.78, 5) is 12.4. The number of hydrogen-bond donors (Lipinski definition) is 2. The van der Waals surface area contributed by atoms with Crippen LogP contribution >= 0.6 is 12.4 Å². The summed E-state index contributed by atoms with van der Waals surface area (Å²) in [5.74, 6) is -0.186. The van der Waals surface area contributed by atoms with E-state index in [1.165, 1.54) is 23.5 Å². The van der Waals surface area contributed by atoms with Crippen LogP contribution in [0.1, 0.15) is 16.8 Å². The molecular formula is C18H22ClN3O3S. The fourth-order valence-corrected chi connectivity index (χ4v) is 3.96. The summed E-state index contributed by atoms with van der Waals surface area (Å²) in [6.45, 7) is 1.66. The smallest absolute Gasteiger partial charge is 0.264 e. The predicted octanol–water partition coefficient (Wildman–Crippen LogP) is 2.03. The number of hydrogen-bond acceptors (Lipinski definition) is 4. The first-order chi connectivity index (χ1) is 12.0. The van der Waals surface area contributed by atoms with Crippen LogP contribution in [-0.2, 0) is 10.0 Å². The third kappa shape index (κ3) is 4.35. The van der Waals surface area contributed by atoms with E-state index in [0.29, 0.717) is 11.3 Å². The lowest BCUT2D eigenvalue weighted by molar-refractivity contribution is 0.0940. The van der Waals surface area contributed by atoms with Gasteiger partial charge in [0.1, 0.15) is 0 Å². The predicted molar refractivity (Wildman–Crippen MR) is 104 cm³/mol. The van der Waals surface area contributed by atoms with Crippen LogP contribution in [0.5, 0.6) is 0 Å². The molecule has 8 heteroatoms. The molecule has 2 aromatic carbocycles. The molecule has 1 fully saturated rings. The number of amides is 1. The second-order valence-electron chi connectivity index (χ2n) is 6.00. The first kappa shape index (κ1) is 20.2. The summed E-state index contributed by atoms with van der Waals surface area (Å²) in [5, 5.41) is 6.13. The van der Waals surface area contributed by atoms with E-state index in [1.807, 2.05) is 6.07 Å². The maximum absolute atomic E-state index is 12.7. The Balaban J connectivity index is 0.00000243. The molecule has 1 heterocycles. The Morgan fingerprint density at radius 2 is 1.77 bits per heavy atom. The highest BCUT2D eigenvalue weighted by Crippen LogP contribution is 2.21. The van der Waals surface area contributed by atoms with Crippen molar-refractivity contribution in [2.75, 3.05) is 24.4 Å². The lowest BCUT2D eigenvalue weighted by Gasteiger charge is -2.19. The van der Waals surface area contributed by atoms with Crippen LogP contribution in [0.15, 0.2) is 59.5 Å². The van der Waals surface area contributed by atoms with Crippen LogP contribution in [-0.4, -0.2) is 40.5 Å². The Kier molecular flexibility index (Phi) is 6.63. The quantitative estimate of drug-likeness (QED) is 0.811. The highest BCUT2D eigenvalue weighted by atomic mass is 35.5. The summed E-state index contributed by atoms with van der Waals surface area (Å²) in [6.07, 6.45) is 0.903. The van der Waals surface area contributed by atoms with Crippen molar-refractivity contribution in [1.82, 2.24) is 10.6 Å². The lowest BCUT2D eigenvalue weighted by atomic mass is 10.2. The van der Waals surface area contributed by atoms with Gasteiger partial charge in [0, 0.05) is 25.2 Å². The highest BCUT2D eigenvalue weighted by molar-refractivity contribution is 7.92. The zero-order valence-corrected chi connectivity index (χ0v) is 16.0. The van der Waals surface area contributed by atoms with E-state index in [1.54, 1.807) is 36.4 Å². The van der Waals surface area contributed by atoms with E-state index in [-0.39, 0.29) is 29.3 Å². The van der Waals surface area contributed by atoms with E-state index in [4.69, 9.17) is 0 Å².